The first-order valence-electron chi connectivity index (χ1n) is 10.7. The van der Waals surface area contributed by atoms with E-state index in [9.17, 15) is 9.59 Å². The second-order valence-electron chi connectivity index (χ2n) is 7.46. The second kappa shape index (κ2) is 15.2. The van der Waals surface area contributed by atoms with Crippen molar-refractivity contribution in [1.82, 2.24) is 5.32 Å². The van der Waals surface area contributed by atoms with Crippen LogP contribution in [0.5, 0.6) is 0 Å². The Balaban J connectivity index is 1.76. The molecule has 0 atom stereocenters. The average Bonchev–Trinajstić information content (AvgIpc) is 2.55. The van der Waals surface area contributed by atoms with E-state index < -0.39 is 0 Å². The smallest absolute Gasteiger partial charge is 0.325 e. The lowest BCUT2D eigenvalue weighted by Gasteiger charge is -2.23. The third kappa shape index (κ3) is 12.0. The van der Waals surface area contributed by atoms with Crippen molar-refractivity contribution in [3.05, 3.63) is 0 Å². The molecular weight excluding hydrogens is 314 g/mol. The van der Waals surface area contributed by atoms with Crippen LogP contribution >= 0.6 is 0 Å². The topological polar surface area (TPSA) is 55.4 Å². The molecule has 0 aliphatic heterocycles. The number of ether oxygens (including phenoxy) is 1. The van der Waals surface area contributed by atoms with Gasteiger partial charge in [-0.25, -0.2) is 0 Å². The summed E-state index contributed by atoms with van der Waals surface area (Å²) in [5.74, 6) is -0.173. The van der Waals surface area contributed by atoms with Gasteiger partial charge in [-0.2, -0.15) is 0 Å². The van der Waals surface area contributed by atoms with E-state index in [-0.39, 0.29) is 24.3 Å². The summed E-state index contributed by atoms with van der Waals surface area (Å²) in [7, 11) is 0. The molecule has 0 heterocycles. The summed E-state index contributed by atoms with van der Waals surface area (Å²) >= 11 is 0. The van der Waals surface area contributed by atoms with Gasteiger partial charge < -0.3 is 10.1 Å². The van der Waals surface area contributed by atoms with Gasteiger partial charge in [-0.05, 0) is 19.3 Å². The molecule has 0 aromatic heterocycles. The van der Waals surface area contributed by atoms with Crippen LogP contribution < -0.4 is 5.32 Å². The Morgan fingerprint density at radius 2 is 1.36 bits per heavy atom. The first-order chi connectivity index (χ1) is 12.2. The molecule has 0 aromatic rings. The van der Waals surface area contributed by atoms with E-state index in [1.165, 1.54) is 64.2 Å². The van der Waals surface area contributed by atoms with Gasteiger partial charge in [0.05, 0.1) is 6.61 Å². The molecule has 0 saturated heterocycles. The molecule has 4 nitrogen and oxygen atoms in total. The summed E-state index contributed by atoms with van der Waals surface area (Å²) in [5, 5.41) is 2.67. The van der Waals surface area contributed by atoms with Crippen molar-refractivity contribution in [2.75, 3.05) is 13.2 Å². The number of hydrogen-bond donors (Lipinski definition) is 1. The zero-order valence-electron chi connectivity index (χ0n) is 16.3. The second-order valence-corrected chi connectivity index (χ2v) is 7.46. The average molecular weight is 354 g/mol. The minimum atomic E-state index is -0.309. The van der Waals surface area contributed by atoms with Gasteiger partial charge in [0.2, 0.25) is 5.91 Å². The molecule has 0 spiro atoms. The highest BCUT2D eigenvalue weighted by atomic mass is 16.5. The minimum absolute atomic E-state index is 0.00793. The van der Waals surface area contributed by atoms with Gasteiger partial charge in [0, 0.05) is 5.92 Å². The van der Waals surface area contributed by atoms with Crippen molar-refractivity contribution in [3.63, 3.8) is 0 Å². The summed E-state index contributed by atoms with van der Waals surface area (Å²) in [5.41, 5.74) is 0. The number of hydrogen-bond acceptors (Lipinski definition) is 3. The molecule has 146 valence electrons. The summed E-state index contributed by atoms with van der Waals surface area (Å²) in [4.78, 5) is 23.1. The largest absolute Gasteiger partial charge is 0.464 e. The highest BCUT2D eigenvalue weighted by Crippen LogP contribution is 2.25. The van der Waals surface area contributed by atoms with Crippen LogP contribution in [0.4, 0.5) is 0 Å². The molecule has 1 fully saturated rings. The van der Waals surface area contributed by atoms with Crippen LogP contribution in [0.3, 0.4) is 0 Å². The fourth-order valence-electron chi connectivity index (χ4n) is 3.15. The minimum Gasteiger partial charge on any atom is -0.464 e. The van der Waals surface area contributed by atoms with E-state index in [4.69, 9.17) is 4.74 Å². The predicted molar refractivity (Wildman–Crippen MR) is 102 cm³/mol. The molecule has 1 saturated carbocycles. The highest BCUT2D eigenvalue weighted by Gasteiger charge is 2.25. The fraction of sp³-hybridized carbons (Fsp3) is 0.905. The fourth-order valence-corrected chi connectivity index (χ4v) is 3.15. The molecule has 1 aliphatic rings. The Kier molecular flexibility index (Phi) is 13.4. The maximum absolute atomic E-state index is 11.6. The zero-order valence-corrected chi connectivity index (χ0v) is 16.3. The summed E-state index contributed by atoms with van der Waals surface area (Å²) < 4.78 is 5.16. The van der Waals surface area contributed by atoms with Gasteiger partial charge >= 0.3 is 5.97 Å². The number of esters is 1. The first kappa shape index (κ1) is 22.0. The van der Waals surface area contributed by atoms with Crippen molar-refractivity contribution < 1.29 is 14.3 Å². The SMILES string of the molecule is CCCCCCCCCCCCCCOC(=O)CNC(=O)C1CCC1. The molecule has 0 radical (unpaired) electrons. The van der Waals surface area contributed by atoms with Crippen molar-refractivity contribution in [2.45, 2.75) is 103 Å². The van der Waals surface area contributed by atoms with E-state index in [1.807, 2.05) is 0 Å². The molecule has 0 bridgehead atoms. The zero-order chi connectivity index (χ0) is 18.2. The Hall–Kier alpha value is -1.06. The lowest BCUT2D eigenvalue weighted by Crippen LogP contribution is -2.37. The Morgan fingerprint density at radius 3 is 1.84 bits per heavy atom. The van der Waals surface area contributed by atoms with Gasteiger partial charge in [0.25, 0.3) is 0 Å². The quantitative estimate of drug-likeness (QED) is 0.308. The molecule has 4 heteroatoms. The maximum atomic E-state index is 11.6. The Labute approximate surface area is 154 Å². The van der Waals surface area contributed by atoms with Crippen LogP contribution in [0.1, 0.15) is 103 Å². The monoisotopic (exact) mass is 353 g/mol. The molecule has 1 N–H and O–H groups in total. The third-order valence-corrected chi connectivity index (χ3v) is 5.14. The van der Waals surface area contributed by atoms with Gasteiger partial charge in [-0.1, -0.05) is 84.0 Å². The van der Waals surface area contributed by atoms with Crippen molar-refractivity contribution >= 4 is 11.9 Å². The van der Waals surface area contributed by atoms with Crippen molar-refractivity contribution in [1.29, 1.82) is 0 Å². The Morgan fingerprint density at radius 1 is 0.840 bits per heavy atom. The molecule has 1 amide bonds. The van der Waals surface area contributed by atoms with E-state index in [2.05, 4.69) is 12.2 Å². The van der Waals surface area contributed by atoms with Crippen LogP contribution in [0.25, 0.3) is 0 Å². The third-order valence-electron chi connectivity index (χ3n) is 5.14. The van der Waals surface area contributed by atoms with E-state index in [0.717, 1.165) is 32.1 Å². The van der Waals surface area contributed by atoms with Crippen LogP contribution in [0.15, 0.2) is 0 Å². The van der Waals surface area contributed by atoms with Crippen LogP contribution in [0.2, 0.25) is 0 Å². The standard InChI is InChI=1S/C21H39NO3/c1-2-3-4-5-6-7-8-9-10-11-12-13-17-25-20(23)18-22-21(24)19-15-14-16-19/h19H,2-18H2,1H3,(H,22,24). The van der Waals surface area contributed by atoms with Crippen molar-refractivity contribution in [2.24, 2.45) is 5.92 Å². The predicted octanol–water partition coefficient (Wildman–Crippen LogP) is 5.15. The molecule has 1 aliphatic carbocycles. The molecule has 1 rings (SSSR count). The van der Waals surface area contributed by atoms with Crippen LogP contribution in [0, 0.1) is 5.92 Å². The van der Waals surface area contributed by atoms with Crippen LogP contribution in [-0.4, -0.2) is 25.0 Å². The molecule has 25 heavy (non-hydrogen) atoms. The van der Waals surface area contributed by atoms with E-state index >= 15 is 0 Å². The number of amides is 1. The maximum Gasteiger partial charge on any atom is 0.325 e. The highest BCUT2D eigenvalue weighted by molar-refractivity contribution is 5.83. The van der Waals surface area contributed by atoms with E-state index in [0.29, 0.717) is 6.61 Å². The normalized spacial score (nSPS) is 14.1. The van der Waals surface area contributed by atoms with Crippen LogP contribution in [-0.2, 0) is 14.3 Å². The van der Waals surface area contributed by atoms with E-state index in [1.54, 1.807) is 0 Å². The summed E-state index contributed by atoms with van der Waals surface area (Å²) in [6.45, 7) is 2.76. The molecular formula is C21H39NO3. The number of rotatable bonds is 16. The molecule has 0 unspecified atom stereocenters. The van der Waals surface area contributed by atoms with Crippen molar-refractivity contribution in [3.8, 4) is 0 Å². The number of carbonyl (C=O) groups excluding carboxylic acids is 2. The molecule has 0 aromatic carbocycles. The van der Waals surface area contributed by atoms with Gasteiger partial charge in [0.1, 0.15) is 6.54 Å². The van der Waals surface area contributed by atoms with Gasteiger partial charge in [-0.15, -0.1) is 0 Å². The number of unbranched alkanes of at least 4 members (excludes halogenated alkanes) is 11. The summed E-state index contributed by atoms with van der Waals surface area (Å²) in [6.07, 6.45) is 18.6. The first-order valence-corrected chi connectivity index (χ1v) is 10.7. The lowest BCUT2D eigenvalue weighted by molar-refractivity contribution is -0.144. The van der Waals surface area contributed by atoms with Gasteiger partial charge in [0.15, 0.2) is 0 Å². The summed E-state index contributed by atoms with van der Waals surface area (Å²) in [6, 6.07) is 0. The lowest BCUT2D eigenvalue weighted by atomic mass is 9.85. The number of carbonyl (C=O) groups is 2. The Bertz CT molecular complexity index is 353. The number of nitrogens with one attached hydrogen (secondary N) is 1. The van der Waals surface area contributed by atoms with Gasteiger partial charge in [-0.3, -0.25) is 9.59 Å².